The number of carbonyl (C=O) groups excluding carboxylic acids is 2. The lowest BCUT2D eigenvalue weighted by Crippen LogP contribution is -2.35. The topological polar surface area (TPSA) is 61.4 Å². The van der Waals surface area contributed by atoms with Gasteiger partial charge in [-0.25, -0.2) is 4.39 Å². The number of piperidine rings is 1. The first-order chi connectivity index (χ1) is 19.5. The Bertz CT molecular complexity index is 1390. The van der Waals surface area contributed by atoms with Gasteiger partial charge in [-0.2, -0.15) is 0 Å². The average molecular weight is 536 g/mol. The van der Waals surface area contributed by atoms with Crippen molar-refractivity contribution in [3.63, 3.8) is 0 Å². The number of rotatable bonds is 8. The number of hydrogen-bond donors (Lipinski definition) is 2. The van der Waals surface area contributed by atoms with Crippen LogP contribution in [-0.2, 0) is 11.3 Å². The van der Waals surface area contributed by atoms with Crippen molar-refractivity contribution >= 4 is 23.2 Å². The third-order valence-corrected chi connectivity index (χ3v) is 7.53. The monoisotopic (exact) mass is 535 g/mol. The van der Waals surface area contributed by atoms with E-state index < -0.39 is 5.92 Å². The minimum atomic E-state index is -0.499. The van der Waals surface area contributed by atoms with Gasteiger partial charge in [-0.15, -0.1) is 0 Å². The van der Waals surface area contributed by atoms with Crippen LogP contribution in [0.5, 0.6) is 0 Å². The zero-order valence-corrected chi connectivity index (χ0v) is 22.6. The van der Waals surface area contributed by atoms with E-state index in [1.54, 1.807) is 18.2 Å². The fourth-order valence-corrected chi connectivity index (χ4v) is 5.20. The number of carbonyl (C=O) groups is 2. The molecule has 0 aliphatic carbocycles. The van der Waals surface area contributed by atoms with Crippen LogP contribution in [0.3, 0.4) is 0 Å². The van der Waals surface area contributed by atoms with Crippen molar-refractivity contribution in [2.24, 2.45) is 5.92 Å². The summed E-state index contributed by atoms with van der Waals surface area (Å²) >= 11 is 0. The summed E-state index contributed by atoms with van der Waals surface area (Å²) in [4.78, 5) is 29.5. The number of nitrogens with one attached hydrogen (secondary N) is 2. The lowest BCUT2D eigenvalue weighted by atomic mass is 9.90. The van der Waals surface area contributed by atoms with Crippen LogP contribution in [0.25, 0.3) is 0 Å². The molecule has 5 nitrogen and oxygen atoms in total. The van der Waals surface area contributed by atoms with Crippen LogP contribution in [-0.4, -0.2) is 24.9 Å². The molecule has 4 aromatic carbocycles. The van der Waals surface area contributed by atoms with E-state index in [4.69, 9.17) is 0 Å². The van der Waals surface area contributed by atoms with E-state index in [0.29, 0.717) is 17.2 Å². The molecule has 6 heteroatoms. The number of benzene rings is 4. The average Bonchev–Trinajstić information content (AvgIpc) is 2.98. The quantitative estimate of drug-likeness (QED) is 0.262. The van der Waals surface area contributed by atoms with Gasteiger partial charge in [0.25, 0.3) is 5.91 Å². The van der Waals surface area contributed by atoms with Crippen molar-refractivity contribution in [3.05, 3.63) is 131 Å². The Morgan fingerprint density at radius 2 is 1.45 bits per heavy atom. The van der Waals surface area contributed by atoms with Gasteiger partial charge in [0.1, 0.15) is 5.82 Å². The highest BCUT2D eigenvalue weighted by molar-refractivity contribution is 6.03. The zero-order valence-electron chi connectivity index (χ0n) is 22.6. The highest BCUT2D eigenvalue weighted by atomic mass is 19.1. The van der Waals surface area contributed by atoms with Gasteiger partial charge in [-0.05, 0) is 65.8 Å². The number of anilines is 2. The molecule has 0 atom stereocenters. The largest absolute Gasteiger partial charge is 0.371 e. The van der Waals surface area contributed by atoms with Gasteiger partial charge < -0.3 is 15.5 Å². The number of amides is 2. The van der Waals surface area contributed by atoms with Crippen molar-refractivity contribution in [3.8, 4) is 0 Å². The fraction of sp³-hybridized carbons (Fsp3) is 0.235. The minimum absolute atomic E-state index is 0.172. The van der Waals surface area contributed by atoms with Crippen LogP contribution in [0.15, 0.2) is 103 Å². The van der Waals surface area contributed by atoms with Crippen LogP contribution < -0.4 is 15.5 Å². The fourth-order valence-electron chi connectivity index (χ4n) is 5.20. The van der Waals surface area contributed by atoms with Gasteiger partial charge in [0.05, 0.1) is 11.5 Å². The maximum Gasteiger partial charge on any atom is 0.253 e. The highest BCUT2D eigenvalue weighted by Gasteiger charge is 2.25. The molecule has 0 radical (unpaired) electrons. The highest BCUT2D eigenvalue weighted by Crippen LogP contribution is 2.31. The SMILES string of the molecule is CC1CCN(c2ccc(NC(=O)C(c3ccccc3)c3ccccc3)cc2C(=O)NCc2ccc(F)cc2)CC1. The Labute approximate surface area is 235 Å². The van der Waals surface area contributed by atoms with Crippen LogP contribution in [0.4, 0.5) is 15.8 Å². The normalized spacial score (nSPS) is 13.7. The summed E-state index contributed by atoms with van der Waals surface area (Å²) in [5.74, 6) is -0.573. The number of hydrogen-bond acceptors (Lipinski definition) is 3. The molecule has 1 heterocycles. The van der Waals surface area contributed by atoms with E-state index in [-0.39, 0.29) is 24.2 Å². The lowest BCUT2D eigenvalue weighted by Gasteiger charge is -2.33. The zero-order chi connectivity index (χ0) is 27.9. The van der Waals surface area contributed by atoms with Gasteiger partial charge in [-0.1, -0.05) is 79.7 Å². The molecule has 0 unspecified atom stereocenters. The lowest BCUT2D eigenvalue weighted by molar-refractivity contribution is -0.116. The molecule has 4 aromatic rings. The summed E-state index contributed by atoms with van der Waals surface area (Å²) in [5.41, 5.74) is 4.50. The van der Waals surface area contributed by atoms with Crippen LogP contribution in [0.1, 0.15) is 52.7 Å². The van der Waals surface area contributed by atoms with Crippen molar-refractivity contribution < 1.29 is 14.0 Å². The standard InChI is InChI=1S/C34H34FN3O2/c1-24-18-20-38(21-19-24)31-17-16-29(22-30(31)33(39)36-23-25-12-14-28(35)15-13-25)37-34(40)32(26-8-4-2-5-9-26)27-10-6-3-7-11-27/h2-17,22,24,32H,18-21,23H2,1H3,(H,36,39)(H,37,40). The van der Waals surface area contributed by atoms with Crippen molar-refractivity contribution in [1.29, 1.82) is 0 Å². The van der Waals surface area contributed by atoms with Crippen LogP contribution >= 0.6 is 0 Å². The van der Waals surface area contributed by atoms with E-state index in [1.807, 2.05) is 72.8 Å². The van der Waals surface area contributed by atoms with E-state index in [2.05, 4.69) is 22.5 Å². The predicted molar refractivity (Wildman–Crippen MR) is 158 cm³/mol. The summed E-state index contributed by atoms with van der Waals surface area (Å²) in [5, 5.41) is 6.05. The molecule has 1 fully saturated rings. The Hall–Kier alpha value is -4.45. The second-order valence-corrected chi connectivity index (χ2v) is 10.5. The van der Waals surface area contributed by atoms with Crippen LogP contribution in [0.2, 0.25) is 0 Å². The van der Waals surface area contributed by atoms with E-state index in [1.165, 1.54) is 12.1 Å². The first-order valence-corrected chi connectivity index (χ1v) is 13.8. The first kappa shape index (κ1) is 27.1. The van der Waals surface area contributed by atoms with Gasteiger partial charge in [0.15, 0.2) is 0 Å². The van der Waals surface area contributed by atoms with Crippen molar-refractivity contribution in [2.75, 3.05) is 23.3 Å². The van der Waals surface area contributed by atoms with Crippen molar-refractivity contribution in [1.82, 2.24) is 5.32 Å². The first-order valence-electron chi connectivity index (χ1n) is 13.8. The molecule has 0 spiro atoms. The van der Waals surface area contributed by atoms with E-state index >= 15 is 0 Å². The minimum Gasteiger partial charge on any atom is -0.371 e. The molecule has 1 aliphatic rings. The summed E-state index contributed by atoms with van der Waals surface area (Å²) < 4.78 is 13.3. The third kappa shape index (κ3) is 6.57. The summed E-state index contributed by atoms with van der Waals surface area (Å²) in [6, 6.07) is 31.0. The Balaban J connectivity index is 1.42. The van der Waals surface area contributed by atoms with Gasteiger partial charge in [0, 0.05) is 31.0 Å². The molecular formula is C34H34FN3O2. The molecular weight excluding hydrogens is 501 g/mol. The Kier molecular flexibility index (Phi) is 8.55. The number of halogens is 1. The Morgan fingerprint density at radius 3 is 2.05 bits per heavy atom. The smallest absolute Gasteiger partial charge is 0.253 e. The molecule has 40 heavy (non-hydrogen) atoms. The molecule has 1 saturated heterocycles. The van der Waals surface area contributed by atoms with Gasteiger partial charge in [0.2, 0.25) is 5.91 Å². The second-order valence-electron chi connectivity index (χ2n) is 10.5. The molecule has 1 aliphatic heterocycles. The Morgan fingerprint density at radius 1 is 0.850 bits per heavy atom. The maximum absolute atomic E-state index is 13.7. The molecule has 204 valence electrons. The summed E-state index contributed by atoms with van der Waals surface area (Å²) in [6.07, 6.45) is 2.12. The molecule has 0 saturated carbocycles. The predicted octanol–water partition coefficient (Wildman–Crippen LogP) is 6.76. The molecule has 2 N–H and O–H groups in total. The summed E-state index contributed by atoms with van der Waals surface area (Å²) in [7, 11) is 0. The third-order valence-electron chi connectivity index (χ3n) is 7.53. The van der Waals surface area contributed by atoms with E-state index in [9.17, 15) is 14.0 Å². The van der Waals surface area contributed by atoms with Crippen LogP contribution in [0, 0.1) is 11.7 Å². The second kappa shape index (κ2) is 12.6. The number of nitrogens with zero attached hydrogens (tertiary/aromatic N) is 1. The molecule has 5 rings (SSSR count). The molecule has 0 aromatic heterocycles. The summed E-state index contributed by atoms with van der Waals surface area (Å²) in [6.45, 7) is 4.27. The van der Waals surface area contributed by atoms with Gasteiger partial charge >= 0.3 is 0 Å². The maximum atomic E-state index is 13.7. The molecule has 0 bridgehead atoms. The molecule has 2 amide bonds. The van der Waals surface area contributed by atoms with Gasteiger partial charge in [-0.3, -0.25) is 9.59 Å². The van der Waals surface area contributed by atoms with Crippen molar-refractivity contribution in [2.45, 2.75) is 32.2 Å². The van der Waals surface area contributed by atoms with E-state index in [0.717, 1.165) is 48.3 Å².